The van der Waals surface area contributed by atoms with Crippen molar-refractivity contribution >= 4 is 8.96 Å². The van der Waals surface area contributed by atoms with Crippen LogP contribution in [0.2, 0.25) is 0 Å². The average Bonchev–Trinajstić information content (AvgIpc) is 2.03. The van der Waals surface area contributed by atoms with Crippen LogP contribution >= 0.6 is 8.96 Å². The van der Waals surface area contributed by atoms with Crippen LogP contribution in [0.4, 0.5) is 0 Å². The van der Waals surface area contributed by atoms with E-state index >= 15 is 0 Å². The lowest BCUT2D eigenvalue weighted by molar-refractivity contribution is 0.554. The predicted molar refractivity (Wildman–Crippen MR) is 50.4 cm³/mol. The Morgan fingerprint density at radius 1 is 1.18 bits per heavy atom. The minimum absolute atomic E-state index is 0.191. The van der Waals surface area contributed by atoms with Gasteiger partial charge >= 0.3 is 0 Å². The first-order valence-electron chi connectivity index (χ1n) is 4.28. The van der Waals surface area contributed by atoms with E-state index in [4.69, 9.17) is 4.89 Å². The number of hydrogen-bond acceptors (Lipinski definition) is 3. The minimum atomic E-state index is -0.191. The molecule has 0 aliphatic rings. The van der Waals surface area contributed by atoms with Crippen LogP contribution in [0.5, 0.6) is 0 Å². The Kier molecular flexibility index (Phi) is 10.6. The van der Waals surface area contributed by atoms with Gasteiger partial charge < -0.3 is 4.89 Å². The van der Waals surface area contributed by atoms with Gasteiger partial charge in [-0.25, -0.2) is 5.20 Å². The highest BCUT2D eigenvalue weighted by atomic mass is 31.1. The van der Waals surface area contributed by atoms with Gasteiger partial charge in [0.05, 0.1) is 8.96 Å². The molecule has 3 N–H and O–H groups in total. The highest BCUT2D eigenvalue weighted by Crippen LogP contribution is 2.00. The molecule has 0 rings (SSSR count). The number of hydrazine groups is 1. The van der Waals surface area contributed by atoms with Crippen LogP contribution in [-0.4, -0.2) is 11.4 Å². The monoisotopic (exact) mass is 178 g/mol. The van der Waals surface area contributed by atoms with Gasteiger partial charge in [-0.15, -0.1) is 0 Å². The molecule has 0 spiro atoms. The molecule has 3 nitrogen and oxygen atoms in total. The first kappa shape index (κ1) is 11.3. The lowest BCUT2D eigenvalue weighted by atomic mass is 10.2. The van der Waals surface area contributed by atoms with Crippen LogP contribution in [0.25, 0.3) is 0 Å². The molecule has 0 saturated heterocycles. The van der Waals surface area contributed by atoms with Crippen molar-refractivity contribution in [3.05, 3.63) is 0 Å². The van der Waals surface area contributed by atoms with E-state index in [2.05, 4.69) is 17.5 Å². The fourth-order valence-electron chi connectivity index (χ4n) is 0.919. The van der Waals surface area contributed by atoms with E-state index in [0.717, 1.165) is 6.54 Å². The van der Waals surface area contributed by atoms with Crippen LogP contribution in [-0.2, 0) is 0 Å². The highest BCUT2D eigenvalue weighted by molar-refractivity contribution is 7.28. The molecule has 0 aliphatic carbocycles. The van der Waals surface area contributed by atoms with Crippen LogP contribution in [0, 0.1) is 0 Å². The van der Waals surface area contributed by atoms with E-state index in [0.29, 0.717) is 0 Å². The second kappa shape index (κ2) is 10.3. The molecule has 68 valence electrons. The highest BCUT2D eigenvalue weighted by Gasteiger charge is 1.87. The van der Waals surface area contributed by atoms with Gasteiger partial charge in [0.2, 0.25) is 0 Å². The smallest absolute Gasteiger partial charge is 0.0966 e. The summed E-state index contributed by atoms with van der Waals surface area (Å²) in [5.74, 6) is 0. The van der Waals surface area contributed by atoms with Gasteiger partial charge in [-0.05, 0) is 6.42 Å². The van der Waals surface area contributed by atoms with Crippen LogP contribution in [0.1, 0.15) is 39.0 Å². The predicted octanol–water partition coefficient (Wildman–Crippen LogP) is 1.55. The summed E-state index contributed by atoms with van der Waals surface area (Å²) in [5.41, 5.74) is 2.92. The van der Waals surface area contributed by atoms with E-state index < -0.39 is 0 Å². The lowest BCUT2D eigenvalue weighted by Crippen LogP contribution is -2.24. The number of nitrogens with one attached hydrogen (secondary N) is 2. The summed E-state index contributed by atoms with van der Waals surface area (Å²) in [5, 5.41) is 2.67. The zero-order chi connectivity index (χ0) is 8.36. The molecule has 0 heterocycles. The summed E-state index contributed by atoms with van der Waals surface area (Å²) in [6.07, 6.45) is 6.45. The van der Waals surface area contributed by atoms with Gasteiger partial charge in [0.15, 0.2) is 0 Å². The molecule has 0 amide bonds. The largest absolute Gasteiger partial charge is 0.360 e. The van der Waals surface area contributed by atoms with Gasteiger partial charge in [0, 0.05) is 6.54 Å². The number of unbranched alkanes of at least 4 members (excludes halogenated alkanes) is 4. The first-order valence-corrected chi connectivity index (χ1v) is 5.23. The molecule has 1 atom stereocenters. The van der Waals surface area contributed by atoms with Crippen molar-refractivity contribution in [1.29, 1.82) is 0 Å². The summed E-state index contributed by atoms with van der Waals surface area (Å²) in [7, 11) is -0.191. The van der Waals surface area contributed by atoms with E-state index in [9.17, 15) is 0 Å². The summed E-state index contributed by atoms with van der Waals surface area (Å²) >= 11 is 0. The third-order valence-electron chi connectivity index (χ3n) is 1.55. The molecule has 0 aromatic carbocycles. The van der Waals surface area contributed by atoms with Crippen LogP contribution < -0.4 is 10.6 Å². The van der Waals surface area contributed by atoms with Gasteiger partial charge in [0.25, 0.3) is 0 Å². The van der Waals surface area contributed by atoms with Crippen molar-refractivity contribution in [2.75, 3.05) is 6.54 Å². The zero-order valence-corrected chi connectivity index (χ0v) is 8.19. The van der Waals surface area contributed by atoms with E-state index in [-0.39, 0.29) is 8.96 Å². The third kappa shape index (κ3) is 10.3. The maximum absolute atomic E-state index is 8.36. The summed E-state index contributed by atoms with van der Waals surface area (Å²) in [6.45, 7) is 3.17. The van der Waals surface area contributed by atoms with Crippen molar-refractivity contribution in [3.63, 3.8) is 0 Å². The molecular formula is C7H19N2OP. The molecule has 11 heavy (non-hydrogen) atoms. The average molecular weight is 178 g/mol. The van der Waals surface area contributed by atoms with Crippen molar-refractivity contribution in [2.45, 2.75) is 39.0 Å². The molecule has 1 unspecified atom stereocenters. The van der Waals surface area contributed by atoms with Gasteiger partial charge in [0.1, 0.15) is 0 Å². The minimum Gasteiger partial charge on any atom is -0.360 e. The molecule has 0 fully saturated rings. The van der Waals surface area contributed by atoms with E-state index in [1.165, 1.54) is 32.1 Å². The van der Waals surface area contributed by atoms with Crippen LogP contribution in [0.3, 0.4) is 0 Å². The molecule has 0 saturated carbocycles. The normalized spacial score (nSPS) is 11.5. The maximum atomic E-state index is 8.36. The molecule has 0 aromatic rings. The zero-order valence-electron chi connectivity index (χ0n) is 7.19. The molecule has 0 aromatic heterocycles. The summed E-state index contributed by atoms with van der Waals surface area (Å²) < 4.78 is 0. The summed E-state index contributed by atoms with van der Waals surface area (Å²) in [4.78, 5) is 8.36. The SMILES string of the molecule is CCCCCCCNNPO. The molecule has 4 heteroatoms. The Hall–Kier alpha value is 0.310. The fraction of sp³-hybridized carbons (Fsp3) is 1.00. The van der Waals surface area contributed by atoms with Crippen molar-refractivity contribution in [3.8, 4) is 0 Å². The van der Waals surface area contributed by atoms with E-state index in [1.807, 2.05) is 0 Å². The topological polar surface area (TPSA) is 44.3 Å². The molecule has 0 bridgehead atoms. The van der Waals surface area contributed by atoms with E-state index in [1.54, 1.807) is 0 Å². The Labute approximate surface area is 70.9 Å². The van der Waals surface area contributed by atoms with Crippen LogP contribution in [0.15, 0.2) is 0 Å². The van der Waals surface area contributed by atoms with Crippen molar-refractivity contribution in [1.82, 2.24) is 10.6 Å². The van der Waals surface area contributed by atoms with Gasteiger partial charge in [-0.3, -0.25) is 5.43 Å². The Morgan fingerprint density at radius 3 is 2.55 bits per heavy atom. The summed E-state index contributed by atoms with van der Waals surface area (Å²) in [6, 6.07) is 0. The van der Waals surface area contributed by atoms with Crippen molar-refractivity contribution < 1.29 is 4.89 Å². The fourth-order valence-corrected chi connectivity index (χ4v) is 1.12. The maximum Gasteiger partial charge on any atom is 0.0966 e. The first-order chi connectivity index (χ1) is 5.41. The molecular weight excluding hydrogens is 159 g/mol. The second-order valence-corrected chi connectivity index (χ2v) is 3.05. The second-order valence-electron chi connectivity index (χ2n) is 2.58. The third-order valence-corrected chi connectivity index (χ3v) is 1.84. The van der Waals surface area contributed by atoms with Gasteiger partial charge in [-0.1, -0.05) is 32.6 Å². The number of hydrogen-bond donors (Lipinski definition) is 3. The molecule has 0 aliphatic heterocycles. The quantitative estimate of drug-likeness (QED) is 0.300. The molecule has 0 radical (unpaired) electrons. The number of rotatable bonds is 8. The standard InChI is InChI=1S/C7H19N2OP/c1-2-3-4-5-6-7-8-9-11-10/h8-11H,2-7H2,1H3. The van der Waals surface area contributed by atoms with Gasteiger partial charge in [-0.2, -0.15) is 0 Å². The Balaban J connectivity index is 2.69. The van der Waals surface area contributed by atoms with Crippen molar-refractivity contribution in [2.24, 2.45) is 0 Å². The Morgan fingerprint density at radius 2 is 1.91 bits per heavy atom. The Bertz CT molecular complexity index is 65.5. The lowest BCUT2D eigenvalue weighted by Gasteiger charge is -2.02.